The highest BCUT2D eigenvalue weighted by molar-refractivity contribution is 5.53. The van der Waals surface area contributed by atoms with Gasteiger partial charge in [-0.2, -0.15) is 18.4 Å². The summed E-state index contributed by atoms with van der Waals surface area (Å²) in [4.78, 5) is 3.50. The van der Waals surface area contributed by atoms with E-state index in [2.05, 4.69) is 10.3 Å². The molecule has 0 saturated heterocycles. The lowest BCUT2D eigenvalue weighted by atomic mass is 10.0. The fourth-order valence-corrected chi connectivity index (χ4v) is 1.79. The summed E-state index contributed by atoms with van der Waals surface area (Å²) in [6.45, 7) is 4.21. The van der Waals surface area contributed by atoms with E-state index in [1.807, 2.05) is 19.9 Å². The van der Waals surface area contributed by atoms with E-state index >= 15 is 0 Å². The van der Waals surface area contributed by atoms with Crippen LogP contribution in [-0.2, 0) is 6.18 Å². The van der Waals surface area contributed by atoms with Gasteiger partial charge in [-0.25, -0.2) is 4.98 Å². The quantitative estimate of drug-likeness (QED) is 0.872. The van der Waals surface area contributed by atoms with Crippen molar-refractivity contribution in [3.63, 3.8) is 0 Å². The van der Waals surface area contributed by atoms with Crippen molar-refractivity contribution in [2.45, 2.75) is 32.5 Å². The van der Waals surface area contributed by atoms with Gasteiger partial charge in [0.15, 0.2) is 0 Å². The van der Waals surface area contributed by atoms with E-state index in [1.54, 1.807) is 0 Å². The monoisotopic (exact) mass is 286 g/mol. The van der Waals surface area contributed by atoms with Gasteiger partial charge in [-0.15, -0.1) is 0 Å². The molecule has 0 aliphatic carbocycles. The fraction of sp³-hybridized carbons (Fsp3) is 0.538. The molecule has 20 heavy (non-hydrogen) atoms. The molecule has 110 valence electrons. The Morgan fingerprint density at radius 1 is 1.40 bits per heavy atom. The molecule has 1 unspecified atom stereocenters. The van der Waals surface area contributed by atoms with Crippen LogP contribution in [-0.4, -0.2) is 17.6 Å². The summed E-state index contributed by atoms with van der Waals surface area (Å²) in [6, 6.07) is 3.51. The van der Waals surface area contributed by atoms with Crippen molar-refractivity contribution < 1.29 is 13.2 Å². The topological polar surface area (TPSA) is 74.7 Å². The molecule has 0 aliphatic heterocycles. The van der Waals surface area contributed by atoms with Crippen LogP contribution in [0, 0.1) is 17.2 Å². The highest BCUT2D eigenvalue weighted by Gasteiger charge is 2.33. The van der Waals surface area contributed by atoms with Gasteiger partial charge in [0.05, 0.1) is 5.56 Å². The minimum atomic E-state index is -4.54. The Kier molecular flexibility index (Phi) is 5.34. The second-order valence-corrected chi connectivity index (χ2v) is 4.91. The van der Waals surface area contributed by atoms with Crippen LogP contribution >= 0.6 is 0 Å². The minimum Gasteiger partial charge on any atom is -0.365 e. The van der Waals surface area contributed by atoms with Gasteiger partial charge < -0.3 is 11.1 Å². The molecule has 1 aromatic heterocycles. The number of pyridine rings is 1. The van der Waals surface area contributed by atoms with Gasteiger partial charge in [0.25, 0.3) is 0 Å². The highest BCUT2D eigenvalue weighted by atomic mass is 19.4. The number of nitrogens with two attached hydrogens (primary N) is 1. The van der Waals surface area contributed by atoms with Crippen LogP contribution in [0.1, 0.15) is 31.5 Å². The number of halogens is 3. The van der Waals surface area contributed by atoms with Gasteiger partial charge in [-0.05, 0) is 24.5 Å². The van der Waals surface area contributed by atoms with E-state index in [0.29, 0.717) is 12.3 Å². The van der Waals surface area contributed by atoms with Crippen molar-refractivity contribution >= 4 is 5.82 Å². The molecule has 0 saturated carbocycles. The highest BCUT2D eigenvalue weighted by Crippen LogP contribution is 2.29. The van der Waals surface area contributed by atoms with E-state index in [9.17, 15) is 13.2 Å². The number of alkyl halides is 3. The maximum absolute atomic E-state index is 12.6. The summed E-state index contributed by atoms with van der Waals surface area (Å²) in [5.74, 6) is 0.255. The van der Waals surface area contributed by atoms with Crippen molar-refractivity contribution in [1.82, 2.24) is 4.98 Å². The first-order chi connectivity index (χ1) is 9.27. The lowest BCUT2D eigenvalue weighted by Crippen LogP contribution is -2.31. The molecule has 7 heteroatoms. The molecule has 1 aromatic rings. The number of anilines is 1. The van der Waals surface area contributed by atoms with Crippen molar-refractivity contribution in [3.8, 4) is 6.07 Å². The van der Waals surface area contributed by atoms with Crippen molar-refractivity contribution in [3.05, 3.63) is 23.4 Å². The number of hydrogen-bond acceptors (Lipinski definition) is 4. The molecule has 0 bridgehead atoms. The molecule has 1 heterocycles. The summed E-state index contributed by atoms with van der Waals surface area (Å²) in [5, 5.41) is 11.8. The van der Waals surface area contributed by atoms with Crippen LogP contribution in [0.2, 0.25) is 0 Å². The Morgan fingerprint density at radius 2 is 2.05 bits per heavy atom. The van der Waals surface area contributed by atoms with E-state index in [-0.39, 0.29) is 24.0 Å². The lowest BCUT2D eigenvalue weighted by Gasteiger charge is -2.20. The number of nitrogens with zero attached hydrogens (tertiary/aromatic N) is 2. The first kappa shape index (κ1) is 16.2. The van der Waals surface area contributed by atoms with E-state index in [1.165, 1.54) is 0 Å². The molecule has 0 aliphatic rings. The Bertz CT molecular complexity index is 491. The summed E-state index contributed by atoms with van der Waals surface area (Å²) < 4.78 is 37.9. The zero-order valence-electron chi connectivity index (χ0n) is 11.3. The molecule has 0 fully saturated rings. The molecule has 1 atom stereocenters. The molecule has 0 amide bonds. The Balaban J connectivity index is 3.05. The zero-order valence-corrected chi connectivity index (χ0v) is 11.3. The SMILES string of the molecule is CC(C)CC(CN)Nc1nc(C(F)(F)F)ccc1C#N. The van der Waals surface area contributed by atoms with Gasteiger partial charge in [0, 0.05) is 12.6 Å². The third-order valence-electron chi connectivity index (χ3n) is 2.69. The Labute approximate surface area is 115 Å². The van der Waals surface area contributed by atoms with E-state index in [4.69, 9.17) is 11.0 Å². The van der Waals surface area contributed by atoms with E-state index < -0.39 is 11.9 Å². The molecule has 0 aromatic carbocycles. The molecule has 4 nitrogen and oxygen atoms in total. The van der Waals surface area contributed by atoms with Crippen LogP contribution in [0.4, 0.5) is 19.0 Å². The maximum Gasteiger partial charge on any atom is 0.433 e. The lowest BCUT2D eigenvalue weighted by molar-refractivity contribution is -0.141. The largest absolute Gasteiger partial charge is 0.433 e. The van der Waals surface area contributed by atoms with Crippen molar-refractivity contribution in [2.75, 3.05) is 11.9 Å². The van der Waals surface area contributed by atoms with Gasteiger partial charge in [-0.3, -0.25) is 0 Å². The number of nitriles is 1. The van der Waals surface area contributed by atoms with Gasteiger partial charge in [-0.1, -0.05) is 13.8 Å². The Hall–Kier alpha value is -1.81. The number of hydrogen-bond donors (Lipinski definition) is 2. The fourth-order valence-electron chi connectivity index (χ4n) is 1.79. The molecule has 0 radical (unpaired) electrons. The first-order valence-electron chi connectivity index (χ1n) is 6.22. The average Bonchev–Trinajstić information content (AvgIpc) is 2.36. The normalized spacial score (nSPS) is 13.1. The summed E-state index contributed by atoms with van der Waals surface area (Å²) in [7, 11) is 0. The third kappa shape index (κ3) is 4.38. The molecule has 3 N–H and O–H groups in total. The smallest absolute Gasteiger partial charge is 0.365 e. The minimum absolute atomic E-state index is 0.0696. The third-order valence-corrected chi connectivity index (χ3v) is 2.69. The first-order valence-corrected chi connectivity index (χ1v) is 6.22. The predicted octanol–water partition coefficient (Wildman–Crippen LogP) is 2.76. The second kappa shape index (κ2) is 6.57. The molecular weight excluding hydrogens is 269 g/mol. The summed E-state index contributed by atoms with van der Waals surface area (Å²) >= 11 is 0. The number of rotatable bonds is 5. The zero-order chi connectivity index (χ0) is 15.3. The molecule has 1 rings (SSSR count). The van der Waals surface area contributed by atoms with Gasteiger partial charge in [0.1, 0.15) is 17.6 Å². The summed E-state index contributed by atoms with van der Waals surface area (Å²) in [5.41, 5.74) is 4.63. The van der Waals surface area contributed by atoms with Gasteiger partial charge in [0.2, 0.25) is 0 Å². The Morgan fingerprint density at radius 3 is 2.50 bits per heavy atom. The van der Waals surface area contributed by atoms with Crippen LogP contribution in [0.5, 0.6) is 0 Å². The van der Waals surface area contributed by atoms with Gasteiger partial charge >= 0.3 is 6.18 Å². The molecular formula is C13H17F3N4. The van der Waals surface area contributed by atoms with Crippen LogP contribution in [0.25, 0.3) is 0 Å². The number of nitrogens with one attached hydrogen (secondary N) is 1. The van der Waals surface area contributed by atoms with Crippen molar-refractivity contribution in [2.24, 2.45) is 11.7 Å². The standard InChI is InChI=1S/C13H17F3N4/c1-8(2)5-10(7-18)19-12-9(6-17)3-4-11(20-12)13(14,15)16/h3-4,8,10H,5,7,18H2,1-2H3,(H,19,20). The van der Waals surface area contributed by atoms with Crippen LogP contribution in [0.3, 0.4) is 0 Å². The second-order valence-electron chi connectivity index (χ2n) is 4.91. The van der Waals surface area contributed by atoms with E-state index in [0.717, 1.165) is 12.1 Å². The van der Waals surface area contributed by atoms with Crippen LogP contribution < -0.4 is 11.1 Å². The van der Waals surface area contributed by atoms with Crippen LogP contribution in [0.15, 0.2) is 12.1 Å². The predicted molar refractivity (Wildman–Crippen MR) is 69.9 cm³/mol. The maximum atomic E-state index is 12.6. The molecule has 0 spiro atoms. The summed E-state index contributed by atoms with van der Waals surface area (Å²) in [6.07, 6.45) is -3.86. The average molecular weight is 286 g/mol. The van der Waals surface area contributed by atoms with Crippen molar-refractivity contribution in [1.29, 1.82) is 5.26 Å². The number of aromatic nitrogens is 1.